The molecule has 0 saturated carbocycles. The number of nitrogens with one attached hydrogen (secondary N) is 2. The first kappa shape index (κ1) is 10.0. The van der Waals surface area contributed by atoms with E-state index < -0.39 is 0 Å². The van der Waals surface area contributed by atoms with Crippen LogP contribution in [0.2, 0.25) is 0 Å². The average molecular weight is 170 g/mol. The molecule has 72 valence electrons. The Balaban J connectivity index is 1.77. The van der Waals surface area contributed by atoms with Gasteiger partial charge in [0.25, 0.3) is 0 Å². The molecule has 0 radical (unpaired) electrons. The van der Waals surface area contributed by atoms with E-state index in [-0.39, 0.29) is 0 Å². The number of hydrogen-bond acceptors (Lipinski definition) is 2. The van der Waals surface area contributed by atoms with Gasteiger partial charge in [-0.3, -0.25) is 0 Å². The van der Waals surface area contributed by atoms with Crippen molar-refractivity contribution < 1.29 is 0 Å². The highest BCUT2D eigenvalue weighted by Gasteiger charge is 2.34. The van der Waals surface area contributed by atoms with Crippen LogP contribution < -0.4 is 10.9 Å². The summed E-state index contributed by atoms with van der Waals surface area (Å²) in [5.74, 6) is 0. The quantitative estimate of drug-likeness (QED) is 0.455. The molecular weight excluding hydrogens is 148 g/mol. The SMILES string of the molecule is CCCCCCCCC1(C)NN1. The molecule has 1 saturated heterocycles. The van der Waals surface area contributed by atoms with Gasteiger partial charge in [0.05, 0.1) is 5.66 Å². The van der Waals surface area contributed by atoms with Gasteiger partial charge in [-0.2, -0.15) is 0 Å². The van der Waals surface area contributed by atoms with Crippen molar-refractivity contribution in [3.63, 3.8) is 0 Å². The molecule has 0 aromatic rings. The summed E-state index contributed by atoms with van der Waals surface area (Å²) in [6, 6.07) is 0. The fourth-order valence-electron chi connectivity index (χ4n) is 1.49. The zero-order valence-corrected chi connectivity index (χ0v) is 8.45. The molecule has 0 bridgehead atoms. The highest BCUT2D eigenvalue weighted by molar-refractivity contribution is 4.88. The third-order valence-electron chi connectivity index (χ3n) is 2.58. The lowest BCUT2D eigenvalue weighted by Crippen LogP contribution is -2.10. The lowest BCUT2D eigenvalue weighted by atomic mass is 10.1. The summed E-state index contributed by atoms with van der Waals surface area (Å²) in [5.41, 5.74) is 6.62. The summed E-state index contributed by atoms with van der Waals surface area (Å²) in [5, 5.41) is 0. The summed E-state index contributed by atoms with van der Waals surface area (Å²) in [6.45, 7) is 4.48. The number of hydrogen-bond donors (Lipinski definition) is 2. The van der Waals surface area contributed by atoms with E-state index >= 15 is 0 Å². The molecule has 0 aromatic carbocycles. The minimum Gasteiger partial charge on any atom is -0.235 e. The van der Waals surface area contributed by atoms with Gasteiger partial charge in [-0.25, -0.2) is 10.9 Å². The second kappa shape index (κ2) is 4.83. The Morgan fingerprint density at radius 3 is 2.08 bits per heavy atom. The van der Waals surface area contributed by atoms with Crippen LogP contribution in [0.25, 0.3) is 0 Å². The molecule has 1 heterocycles. The first-order valence-electron chi connectivity index (χ1n) is 5.31. The Morgan fingerprint density at radius 2 is 1.50 bits per heavy atom. The van der Waals surface area contributed by atoms with Crippen molar-refractivity contribution in [1.29, 1.82) is 0 Å². The number of unbranched alkanes of at least 4 members (excludes halogenated alkanes) is 5. The molecule has 1 fully saturated rings. The van der Waals surface area contributed by atoms with Crippen LogP contribution in [0, 0.1) is 0 Å². The summed E-state index contributed by atoms with van der Waals surface area (Å²) >= 11 is 0. The van der Waals surface area contributed by atoms with E-state index in [4.69, 9.17) is 0 Å². The second-order valence-electron chi connectivity index (χ2n) is 4.10. The van der Waals surface area contributed by atoms with Crippen LogP contribution in [0.3, 0.4) is 0 Å². The van der Waals surface area contributed by atoms with Gasteiger partial charge >= 0.3 is 0 Å². The Hall–Kier alpha value is -0.0800. The van der Waals surface area contributed by atoms with Crippen LogP contribution in [0.1, 0.15) is 58.8 Å². The maximum Gasteiger partial charge on any atom is 0.0915 e. The van der Waals surface area contributed by atoms with Crippen molar-refractivity contribution in [3.8, 4) is 0 Å². The molecule has 2 N–H and O–H groups in total. The van der Waals surface area contributed by atoms with E-state index in [0.717, 1.165) is 0 Å². The van der Waals surface area contributed by atoms with Crippen LogP contribution in [0.5, 0.6) is 0 Å². The first-order chi connectivity index (χ1) is 5.77. The van der Waals surface area contributed by atoms with Crippen LogP contribution in [-0.4, -0.2) is 5.66 Å². The van der Waals surface area contributed by atoms with Crippen LogP contribution in [0.15, 0.2) is 0 Å². The molecule has 2 heteroatoms. The Morgan fingerprint density at radius 1 is 0.917 bits per heavy atom. The Bertz CT molecular complexity index is 119. The van der Waals surface area contributed by atoms with E-state index in [9.17, 15) is 0 Å². The molecule has 12 heavy (non-hydrogen) atoms. The topological polar surface area (TPSA) is 43.9 Å². The van der Waals surface area contributed by atoms with Gasteiger partial charge in [-0.15, -0.1) is 0 Å². The zero-order valence-electron chi connectivity index (χ0n) is 8.45. The molecule has 0 aromatic heterocycles. The molecule has 0 unspecified atom stereocenters. The highest BCUT2D eigenvalue weighted by Crippen LogP contribution is 2.18. The third-order valence-corrected chi connectivity index (χ3v) is 2.58. The maximum absolute atomic E-state index is 3.16. The fraction of sp³-hybridized carbons (Fsp3) is 1.00. The summed E-state index contributed by atoms with van der Waals surface area (Å²) in [6.07, 6.45) is 9.64. The number of rotatable bonds is 7. The summed E-state index contributed by atoms with van der Waals surface area (Å²) in [7, 11) is 0. The summed E-state index contributed by atoms with van der Waals surface area (Å²) in [4.78, 5) is 0. The maximum atomic E-state index is 3.16. The molecule has 1 rings (SSSR count). The van der Waals surface area contributed by atoms with Crippen molar-refractivity contribution in [2.45, 2.75) is 64.5 Å². The molecule has 0 atom stereocenters. The van der Waals surface area contributed by atoms with Crippen molar-refractivity contribution in [2.24, 2.45) is 0 Å². The minimum atomic E-state index is 0.296. The molecular formula is C10H22N2. The molecule has 1 aliphatic rings. The minimum absolute atomic E-state index is 0.296. The first-order valence-corrected chi connectivity index (χ1v) is 5.31. The van der Waals surface area contributed by atoms with Crippen molar-refractivity contribution in [2.75, 3.05) is 0 Å². The van der Waals surface area contributed by atoms with E-state index in [2.05, 4.69) is 24.7 Å². The highest BCUT2D eigenvalue weighted by atomic mass is 15.7. The van der Waals surface area contributed by atoms with E-state index in [1.54, 1.807) is 0 Å². The lowest BCUT2D eigenvalue weighted by Gasteiger charge is -2.03. The van der Waals surface area contributed by atoms with E-state index in [1.807, 2.05) is 0 Å². The van der Waals surface area contributed by atoms with Crippen molar-refractivity contribution in [3.05, 3.63) is 0 Å². The van der Waals surface area contributed by atoms with Gasteiger partial charge in [-0.1, -0.05) is 45.4 Å². The predicted molar refractivity (Wildman–Crippen MR) is 52.7 cm³/mol. The lowest BCUT2D eigenvalue weighted by molar-refractivity contribution is 0.524. The van der Waals surface area contributed by atoms with Gasteiger partial charge in [0, 0.05) is 0 Å². The van der Waals surface area contributed by atoms with Gasteiger partial charge in [0.15, 0.2) is 0 Å². The smallest absolute Gasteiger partial charge is 0.0915 e. The van der Waals surface area contributed by atoms with Crippen LogP contribution in [0.4, 0.5) is 0 Å². The van der Waals surface area contributed by atoms with E-state index in [0.29, 0.717) is 5.66 Å². The molecule has 0 spiro atoms. The largest absolute Gasteiger partial charge is 0.235 e. The standard InChI is InChI=1S/C10H22N2/c1-3-4-5-6-7-8-9-10(2)11-12-10/h11-12H,3-9H2,1-2H3. The summed E-state index contributed by atoms with van der Waals surface area (Å²) < 4.78 is 0. The predicted octanol–water partition coefficient (Wildman–Crippen LogP) is 2.56. The van der Waals surface area contributed by atoms with Crippen molar-refractivity contribution >= 4 is 0 Å². The normalized spacial score (nSPS) is 19.5. The Kier molecular flexibility index (Phi) is 4.02. The van der Waals surface area contributed by atoms with Gasteiger partial charge in [0.2, 0.25) is 0 Å². The van der Waals surface area contributed by atoms with E-state index in [1.165, 1.54) is 44.9 Å². The average Bonchev–Trinajstić information content (AvgIpc) is 2.77. The van der Waals surface area contributed by atoms with Crippen LogP contribution >= 0.6 is 0 Å². The van der Waals surface area contributed by atoms with Gasteiger partial charge in [0.1, 0.15) is 0 Å². The van der Waals surface area contributed by atoms with Gasteiger partial charge in [-0.05, 0) is 13.3 Å². The van der Waals surface area contributed by atoms with Crippen molar-refractivity contribution in [1.82, 2.24) is 10.9 Å². The number of hydrazine groups is 1. The molecule has 2 nitrogen and oxygen atoms in total. The molecule has 1 aliphatic heterocycles. The van der Waals surface area contributed by atoms with Crippen LogP contribution in [-0.2, 0) is 0 Å². The molecule has 0 aliphatic carbocycles. The zero-order chi connectivity index (χ0) is 8.86. The monoisotopic (exact) mass is 170 g/mol. The second-order valence-corrected chi connectivity index (χ2v) is 4.10. The fourth-order valence-corrected chi connectivity index (χ4v) is 1.49. The molecule has 0 amide bonds. The Labute approximate surface area is 76.1 Å². The van der Waals surface area contributed by atoms with Gasteiger partial charge < -0.3 is 0 Å². The third kappa shape index (κ3) is 4.07.